The van der Waals surface area contributed by atoms with Crippen LogP contribution in [0.2, 0.25) is 0 Å². The molecule has 0 atom stereocenters. The monoisotopic (exact) mass is 321 g/mol. The van der Waals surface area contributed by atoms with Crippen LogP contribution < -0.4 is 0 Å². The predicted octanol–water partition coefficient (Wildman–Crippen LogP) is 1.05. The molecule has 0 unspecified atom stereocenters. The van der Waals surface area contributed by atoms with E-state index in [1.54, 1.807) is 36.2 Å². The molecule has 0 saturated carbocycles. The van der Waals surface area contributed by atoms with E-state index in [-0.39, 0.29) is 11.9 Å². The van der Waals surface area contributed by atoms with E-state index >= 15 is 0 Å². The van der Waals surface area contributed by atoms with E-state index in [0.717, 1.165) is 0 Å². The number of hydrogen-bond acceptors (Lipinski definition) is 4. The molecule has 0 spiro atoms. The van der Waals surface area contributed by atoms with Gasteiger partial charge in [0.2, 0.25) is 10.0 Å². The van der Waals surface area contributed by atoms with E-state index in [9.17, 15) is 13.2 Å². The van der Waals surface area contributed by atoms with Crippen molar-refractivity contribution in [1.29, 1.82) is 5.26 Å². The summed E-state index contributed by atoms with van der Waals surface area (Å²) in [5.41, 5.74) is 1.07. The fraction of sp³-hybridized carbons (Fsp3) is 0.467. The number of sulfonamides is 1. The zero-order valence-corrected chi connectivity index (χ0v) is 13.5. The van der Waals surface area contributed by atoms with Crippen molar-refractivity contribution in [3.8, 4) is 6.07 Å². The Kier molecular flexibility index (Phi) is 4.84. The standard InChI is InChI=1S/C15H19N3O3S/c1-17(22(2,20)21)14-7-9-18(10-8-14)15(19)13-5-3-12(11-16)4-6-13/h3-6,14H,7-10H2,1-2H3. The first-order valence-corrected chi connectivity index (χ1v) is 8.90. The number of likely N-dealkylation sites (tertiary alicyclic amines) is 1. The van der Waals surface area contributed by atoms with Crippen molar-refractivity contribution in [1.82, 2.24) is 9.21 Å². The quantitative estimate of drug-likeness (QED) is 0.833. The lowest BCUT2D eigenvalue weighted by Gasteiger charge is -2.35. The van der Waals surface area contributed by atoms with Crippen molar-refractivity contribution in [2.24, 2.45) is 0 Å². The number of rotatable bonds is 3. The number of nitrogens with zero attached hydrogens (tertiary/aromatic N) is 3. The molecule has 0 aliphatic carbocycles. The fourth-order valence-corrected chi connectivity index (χ4v) is 3.33. The highest BCUT2D eigenvalue weighted by Gasteiger charge is 2.29. The maximum Gasteiger partial charge on any atom is 0.253 e. The van der Waals surface area contributed by atoms with Crippen LogP contribution in [0.3, 0.4) is 0 Å². The van der Waals surface area contributed by atoms with Gasteiger partial charge in [0.25, 0.3) is 5.91 Å². The summed E-state index contributed by atoms with van der Waals surface area (Å²) in [4.78, 5) is 14.1. The van der Waals surface area contributed by atoms with Crippen molar-refractivity contribution < 1.29 is 13.2 Å². The van der Waals surface area contributed by atoms with E-state index in [2.05, 4.69) is 0 Å². The molecule has 6 nitrogen and oxygen atoms in total. The lowest BCUT2D eigenvalue weighted by Crippen LogP contribution is -2.47. The van der Waals surface area contributed by atoms with Crippen LogP contribution in [0.25, 0.3) is 0 Å². The summed E-state index contributed by atoms with van der Waals surface area (Å²) >= 11 is 0. The van der Waals surface area contributed by atoms with Crippen molar-refractivity contribution in [3.05, 3.63) is 35.4 Å². The third-order valence-corrected chi connectivity index (χ3v) is 5.39. The molecule has 118 valence electrons. The van der Waals surface area contributed by atoms with Crippen molar-refractivity contribution in [2.45, 2.75) is 18.9 Å². The highest BCUT2D eigenvalue weighted by atomic mass is 32.2. The molecule has 1 amide bonds. The highest BCUT2D eigenvalue weighted by molar-refractivity contribution is 7.88. The summed E-state index contributed by atoms with van der Waals surface area (Å²) in [7, 11) is -1.62. The Balaban J connectivity index is 1.99. The van der Waals surface area contributed by atoms with Crippen LogP contribution in [0.4, 0.5) is 0 Å². The third kappa shape index (κ3) is 3.64. The molecule has 1 aromatic carbocycles. The number of amides is 1. The Bertz CT molecular complexity index is 684. The number of nitriles is 1. The Morgan fingerprint density at radius 1 is 1.27 bits per heavy atom. The van der Waals surface area contributed by atoms with Gasteiger partial charge in [0, 0.05) is 31.7 Å². The number of carbonyl (C=O) groups excluding carboxylic acids is 1. The van der Waals surface area contributed by atoms with E-state index in [1.807, 2.05) is 6.07 Å². The minimum absolute atomic E-state index is 0.0555. The lowest BCUT2D eigenvalue weighted by molar-refractivity contribution is 0.0686. The smallest absolute Gasteiger partial charge is 0.253 e. The molecular weight excluding hydrogens is 302 g/mol. The Morgan fingerprint density at radius 2 is 1.82 bits per heavy atom. The third-order valence-electron chi connectivity index (χ3n) is 4.05. The Labute approximate surface area is 131 Å². The largest absolute Gasteiger partial charge is 0.339 e. The summed E-state index contributed by atoms with van der Waals surface area (Å²) in [6.07, 6.45) is 2.46. The first kappa shape index (κ1) is 16.5. The Hall–Kier alpha value is -1.91. The van der Waals surface area contributed by atoms with Crippen molar-refractivity contribution in [3.63, 3.8) is 0 Å². The maximum absolute atomic E-state index is 12.4. The van der Waals surface area contributed by atoms with Gasteiger partial charge in [-0.15, -0.1) is 0 Å². The molecule has 1 aromatic rings. The van der Waals surface area contributed by atoms with Crippen molar-refractivity contribution >= 4 is 15.9 Å². The summed E-state index contributed by atoms with van der Waals surface area (Å²) in [5, 5.41) is 8.76. The molecule has 22 heavy (non-hydrogen) atoms. The van der Waals surface area contributed by atoms with Gasteiger partial charge in [-0.3, -0.25) is 4.79 Å². The molecule has 7 heteroatoms. The Morgan fingerprint density at radius 3 is 2.27 bits per heavy atom. The van der Waals surface area contributed by atoms with E-state index in [1.165, 1.54) is 10.6 Å². The zero-order valence-electron chi connectivity index (χ0n) is 12.7. The van der Waals surface area contributed by atoms with E-state index < -0.39 is 10.0 Å². The van der Waals surface area contributed by atoms with Crippen LogP contribution in [0.1, 0.15) is 28.8 Å². The zero-order chi connectivity index (χ0) is 16.3. The van der Waals surface area contributed by atoms with Crippen LogP contribution in [-0.4, -0.2) is 56.0 Å². The molecule has 0 bridgehead atoms. The molecule has 1 aliphatic heterocycles. The first-order valence-electron chi connectivity index (χ1n) is 7.05. The molecule has 1 aliphatic rings. The summed E-state index contributed by atoms with van der Waals surface area (Å²) < 4.78 is 24.5. The normalized spacial score (nSPS) is 16.5. The van der Waals surface area contributed by atoms with E-state index in [4.69, 9.17) is 5.26 Å². The topological polar surface area (TPSA) is 81.5 Å². The van der Waals surface area contributed by atoms with Gasteiger partial charge in [-0.05, 0) is 37.1 Å². The van der Waals surface area contributed by atoms with Gasteiger partial charge in [0.15, 0.2) is 0 Å². The number of piperidine rings is 1. The molecule has 1 saturated heterocycles. The van der Waals surface area contributed by atoms with Gasteiger partial charge in [0.05, 0.1) is 17.9 Å². The van der Waals surface area contributed by atoms with Gasteiger partial charge in [-0.1, -0.05) is 0 Å². The van der Waals surface area contributed by atoms with Gasteiger partial charge in [-0.25, -0.2) is 12.7 Å². The van der Waals surface area contributed by atoms with Crippen LogP contribution in [0.15, 0.2) is 24.3 Å². The number of hydrogen-bond donors (Lipinski definition) is 0. The average molecular weight is 321 g/mol. The second-order valence-corrected chi connectivity index (χ2v) is 7.53. The molecule has 0 N–H and O–H groups in total. The lowest BCUT2D eigenvalue weighted by atomic mass is 10.0. The number of carbonyl (C=O) groups is 1. The second-order valence-electron chi connectivity index (χ2n) is 5.49. The van der Waals surface area contributed by atoms with E-state index in [0.29, 0.717) is 37.1 Å². The first-order chi connectivity index (χ1) is 10.3. The minimum atomic E-state index is -3.20. The number of benzene rings is 1. The maximum atomic E-state index is 12.4. The molecular formula is C15H19N3O3S. The van der Waals surface area contributed by atoms with Gasteiger partial charge >= 0.3 is 0 Å². The van der Waals surface area contributed by atoms with Gasteiger partial charge in [-0.2, -0.15) is 5.26 Å². The van der Waals surface area contributed by atoms with Crippen LogP contribution >= 0.6 is 0 Å². The minimum Gasteiger partial charge on any atom is -0.339 e. The predicted molar refractivity (Wildman–Crippen MR) is 82.7 cm³/mol. The van der Waals surface area contributed by atoms with Crippen molar-refractivity contribution in [2.75, 3.05) is 26.4 Å². The highest BCUT2D eigenvalue weighted by Crippen LogP contribution is 2.19. The van der Waals surface area contributed by atoms with Crippen LogP contribution in [-0.2, 0) is 10.0 Å². The van der Waals surface area contributed by atoms with Gasteiger partial charge in [0.1, 0.15) is 0 Å². The van der Waals surface area contributed by atoms with Crippen LogP contribution in [0.5, 0.6) is 0 Å². The fourth-order valence-electron chi connectivity index (χ4n) is 2.57. The van der Waals surface area contributed by atoms with Gasteiger partial charge < -0.3 is 4.90 Å². The summed E-state index contributed by atoms with van der Waals surface area (Å²) in [5.74, 6) is -0.0788. The van der Waals surface area contributed by atoms with Crippen LogP contribution in [0, 0.1) is 11.3 Å². The second kappa shape index (κ2) is 6.46. The molecule has 2 rings (SSSR count). The molecule has 0 aromatic heterocycles. The molecule has 1 heterocycles. The molecule has 1 fully saturated rings. The summed E-state index contributed by atoms with van der Waals surface area (Å²) in [6.45, 7) is 1.06. The average Bonchev–Trinajstić information content (AvgIpc) is 2.53. The SMILES string of the molecule is CN(C1CCN(C(=O)c2ccc(C#N)cc2)CC1)S(C)(=O)=O. The summed E-state index contributed by atoms with van der Waals surface area (Å²) in [6, 6.07) is 8.50. The molecule has 0 radical (unpaired) electrons.